The van der Waals surface area contributed by atoms with Crippen molar-refractivity contribution in [1.82, 2.24) is 10.6 Å². The second-order valence-corrected chi connectivity index (χ2v) is 17.6. The molecule has 23 nitrogen and oxygen atoms in total. The zero-order valence-electron chi connectivity index (χ0n) is 34.9. The van der Waals surface area contributed by atoms with E-state index in [9.17, 15) is 78.1 Å². The number of carboxylic acid groups (broad SMARTS) is 1. The molecule has 2 aliphatic heterocycles. The summed E-state index contributed by atoms with van der Waals surface area (Å²) < 4.78 is 63.2. The van der Waals surface area contributed by atoms with Crippen molar-refractivity contribution in [2.75, 3.05) is 20.8 Å². The molecule has 13 atom stereocenters. The summed E-state index contributed by atoms with van der Waals surface area (Å²) in [5.74, 6) is -7.01. The van der Waals surface area contributed by atoms with Crippen molar-refractivity contribution >= 4 is 33.6 Å². The van der Waals surface area contributed by atoms with E-state index in [1.165, 1.54) is 34.1 Å². The summed E-state index contributed by atoms with van der Waals surface area (Å²) >= 11 is 0. The fourth-order valence-electron chi connectivity index (χ4n) is 8.92. The standard InChI is InChI=1S/C41H46N2O21S/c1-11-6-18-24(31(50)21(11)38(54)43-12(2)39(55)56)23-16(9-17-25(32(23)51)28(47)15-7-14(60-5)8-19(45)22(15)27(17)46)29(48)35(18)63-40-33(52)36(26(42-4)13(3)61-40)64-41-34(53)37(65(57,58)59)30(49)20(10-44)62-41/h6-9,12-13,20,26,29-30,33-37,40-42,44-45,48-53H,10H2,1-5H3,(H,43,54)(H,55,56)(H,57,58,59)/t12-,13-,20-,26+,29+,30-,33-,34-,35+,36+,37+,40+,41+/m1/s1. The van der Waals surface area contributed by atoms with Crippen molar-refractivity contribution in [2.24, 2.45) is 0 Å². The number of phenols is 3. The lowest BCUT2D eigenvalue weighted by atomic mass is 9.74. The fourth-order valence-corrected chi connectivity index (χ4v) is 9.92. The first-order chi connectivity index (χ1) is 30.5. The average Bonchev–Trinajstić information content (AvgIpc) is 3.22. The molecule has 2 fully saturated rings. The summed E-state index contributed by atoms with van der Waals surface area (Å²) in [4.78, 5) is 53.5. The van der Waals surface area contributed by atoms with E-state index in [0.717, 1.165) is 25.1 Å². The molecule has 0 bridgehead atoms. The van der Waals surface area contributed by atoms with Gasteiger partial charge in [0.1, 0.15) is 77.0 Å². The number of aryl methyl sites for hydroxylation is 1. The zero-order valence-corrected chi connectivity index (χ0v) is 35.7. The number of benzene rings is 3. The molecule has 352 valence electrons. The fraction of sp³-hybridized carbons (Fsp3) is 0.463. The number of hydrogen-bond donors (Lipinski definition) is 12. The van der Waals surface area contributed by atoms with Gasteiger partial charge in [0.2, 0.25) is 0 Å². The van der Waals surface area contributed by atoms with Gasteiger partial charge in [0.25, 0.3) is 16.0 Å². The van der Waals surface area contributed by atoms with Crippen LogP contribution in [0, 0.1) is 6.92 Å². The minimum Gasteiger partial charge on any atom is -0.507 e. The number of aliphatic hydroxyl groups is 5. The highest BCUT2D eigenvalue weighted by atomic mass is 32.2. The number of ether oxygens (including phenoxy) is 5. The molecule has 0 aromatic heterocycles. The van der Waals surface area contributed by atoms with E-state index in [2.05, 4.69) is 10.6 Å². The first-order valence-corrected chi connectivity index (χ1v) is 21.4. The molecule has 2 aliphatic carbocycles. The Morgan fingerprint density at radius 1 is 0.846 bits per heavy atom. The highest BCUT2D eigenvalue weighted by Crippen LogP contribution is 2.57. The number of ketones is 2. The van der Waals surface area contributed by atoms with Crippen LogP contribution in [0.3, 0.4) is 0 Å². The van der Waals surface area contributed by atoms with Crippen molar-refractivity contribution in [3.05, 3.63) is 68.8 Å². The van der Waals surface area contributed by atoms with E-state index in [1.54, 1.807) is 0 Å². The molecule has 4 aliphatic rings. The monoisotopic (exact) mass is 934 g/mol. The van der Waals surface area contributed by atoms with E-state index < -0.39 is 170 Å². The van der Waals surface area contributed by atoms with E-state index in [1.807, 2.05) is 0 Å². The second kappa shape index (κ2) is 17.5. The Bertz CT molecular complexity index is 2590. The van der Waals surface area contributed by atoms with E-state index >= 15 is 0 Å². The van der Waals surface area contributed by atoms with Crippen LogP contribution >= 0.6 is 0 Å². The van der Waals surface area contributed by atoms with E-state index in [4.69, 9.17) is 23.7 Å². The van der Waals surface area contributed by atoms with Crippen molar-refractivity contribution < 1.29 is 102 Å². The molecule has 24 heteroatoms. The van der Waals surface area contributed by atoms with Crippen LogP contribution in [0.1, 0.15) is 84.9 Å². The molecule has 0 spiro atoms. The highest BCUT2D eigenvalue weighted by molar-refractivity contribution is 7.86. The second-order valence-electron chi connectivity index (χ2n) is 16.1. The van der Waals surface area contributed by atoms with Gasteiger partial charge in [-0.3, -0.25) is 23.7 Å². The van der Waals surface area contributed by atoms with Gasteiger partial charge in [-0.15, -0.1) is 0 Å². The Hall–Kier alpha value is -5.35. The molecule has 65 heavy (non-hydrogen) atoms. The first kappa shape index (κ1) is 47.6. The number of carbonyl (C=O) groups excluding carboxylic acids is 3. The number of carboxylic acids is 1. The molecular formula is C41H46N2O21S. The van der Waals surface area contributed by atoms with Gasteiger partial charge >= 0.3 is 5.97 Å². The third-order valence-electron chi connectivity index (χ3n) is 12.1. The molecule has 3 aromatic rings. The van der Waals surface area contributed by atoms with E-state index in [-0.39, 0.29) is 28.0 Å². The van der Waals surface area contributed by atoms with Crippen LogP contribution < -0.4 is 15.4 Å². The van der Waals surface area contributed by atoms with Gasteiger partial charge < -0.3 is 80.3 Å². The van der Waals surface area contributed by atoms with Gasteiger partial charge in [0.05, 0.1) is 42.6 Å². The molecule has 3 aromatic carbocycles. The van der Waals surface area contributed by atoms with Crippen LogP contribution in [-0.2, 0) is 33.9 Å². The number of carbonyl (C=O) groups is 4. The molecule has 12 N–H and O–H groups in total. The third-order valence-corrected chi connectivity index (χ3v) is 13.4. The number of likely N-dealkylation sites (N-methyl/N-ethyl adjacent to an activating group) is 1. The molecule has 2 saturated heterocycles. The lowest BCUT2D eigenvalue weighted by Gasteiger charge is -2.48. The molecule has 0 radical (unpaired) electrons. The number of aliphatic hydroxyl groups excluding tert-OH is 5. The number of aliphatic carboxylic acids is 1. The summed E-state index contributed by atoms with van der Waals surface area (Å²) in [7, 11) is -2.54. The van der Waals surface area contributed by atoms with Crippen LogP contribution in [0.2, 0.25) is 0 Å². The van der Waals surface area contributed by atoms with Gasteiger partial charge in [-0.2, -0.15) is 8.42 Å². The quantitative estimate of drug-likeness (QED) is 0.0773. The summed E-state index contributed by atoms with van der Waals surface area (Å²) in [6.07, 6.45) is -18.4. The number of amides is 1. The summed E-state index contributed by atoms with van der Waals surface area (Å²) in [5, 5.41) is 103. The van der Waals surface area contributed by atoms with Gasteiger partial charge in [-0.05, 0) is 56.6 Å². The molecule has 0 unspecified atom stereocenters. The van der Waals surface area contributed by atoms with Crippen molar-refractivity contribution in [2.45, 2.75) is 99.5 Å². The van der Waals surface area contributed by atoms with Crippen LogP contribution in [0.5, 0.6) is 23.0 Å². The Morgan fingerprint density at radius 3 is 2.06 bits per heavy atom. The van der Waals surface area contributed by atoms with Gasteiger partial charge in [0.15, 0.2) is 24.1 Å². The predicted molar refractivity (Wildman–Crippen MR) is 216 cm³/mol. The summed E-state index contributed by atoms with van der Waals surface area (Å²) in [5.41, 5.74) is -3.99. The van der Waals surface area contributed by atoms with Crippen LogP contribution in [0.15, 0.2) is 24.3 Å². The molecule has 0 saturated carbocycles. The third kappa shape index (κ3) is 7.87. The lowest BCUT2D eigenvalue weighted by Crippen LogP contribution is -2.67. The first-order valence-electron chi connectivity index (χ1n) is 19.9. The van der Waals surface area contributed by atoms with Crippen molar-refractivity contribution in [3.8, 4) is 34.1 Å². The maximum absolute atomic E-state index is 14.1. The lowest BCUT2D eigenvalue weighted by molar-refractivity contribution is -0.339. The predicted octanol–water partition coefficient (Wildman–Crippen LogP) is -1.36. The summed E-state index contributed by atoms with van der Waals surface area (Å²) in [6, 6.07) is 1.99. The Kier molecular flexibility index (Phi) is 12.8. The van der Waals surface area contributed by atoms with Crippen LogP contribution in [0.25, 0.3) is 11.1 Å². The molecular weight excluding hydrogens is 889 g/mol. The van der Waals surface area contributed by atoms with Crippen LogP contribution in [0.4, 0.5) is 0 Å². The number of rotatable bonds is 11. The molecule has 7 rings (SSSR count). The number of nitrogens with one attached hydrogen (secondary N) is 2. The average molecular weight is 935 g/mol. The van der Waals surface area contributed by atoms with Gasteiger partial charge in [-0.25, -0.2) is 0 Å². The smallest absolute Gasteiger partial charge is 0.325 e. The van der Waals surface area contributed by atoms with Gasteiger partial charge in [-0.1, -0.05) is 6.07 Å². The topological polar surface area (TPSA) is 375 Å². The number of fused-ring (bicyclic) bond motifs is 5. The van der Waals surface area contributed by atoms with Crippen LogP contribution in [-0.4, -0.2) is 170 Å². The van der Waals surface area contributed by atoms with Crippen molar-refractivity contribution in [3.63, 3.8) is 0 Å². The Morgan fingerprint density at radius 2 is 1.46 bits per heavy atom. The normalized spacial score (nSPS) is 30.1. The minimum atomic E-state index is -5.21. The highest BCUT2D eigenvalue weighted by Gasteiger charge is 2.55. The Labute approximate surface area is 368 Å². The largest absolute Gasteiger partial charge is 0.507 e. The molecule has 1 amide bonds. The molecule has 2 heterocycles. The SMILES string of the molecule is CN[C@@H]1[C@H](O[C@@H]2O[C@H](CO)[C@@H](O)[C@H](S(=O)(=O)O)[C@H]2O)[C@@H](O)[C@H](O[C@H]2c3cc(C)c(C(=O)N[C@H](C)C(=O)O)c(O)c3-c3c(cc4c(c3O)C(=O)c3cc(OC)cc(O)c3C4=O)[C@@H]2O)O[C@@H]1C. The summed E-state index contributed by atoms with van der Waals surface area (Å²) in [6.45, 7) is 2.98. The van der Waals surface area contributed by atoms with E-state index in [0.29, 0.717) is 0 Å². The Balaban J connectivity index is 1.35. The number of hydrogen-bond acceptors (Lipinski definition) is 20. The zero-order chi connectivity index (χ0) is 47.9. The minimum absolute atomic E-state index is 0.0172. The van der Waals surface area contributed by atoms with Crippen molar-refractivity contribution in [1.29, 1.82) is 0 Å². The van der Waals surface area contributed by atoms with Gasteiger partial charge in [0, 0.05) is 28.3 Å². The number of methoxy groups -OCH3 is 1. The number of phenolic OH excluding ortho intramolecular Hbond substituents is 3. The maximum Gasteiger partial charge on any atom is 0.325 e. The number of aromatic hydroxyl groups is 3. The maximum atomic E-state index is 14.1.